The number of aromatic carboxylic acids is 1. The Morgan fingerprint density at radius 1 is 1.25 bits per heavy atom. The standard InChI is InChI=1S/C19H18N2O3/c1-10-12-4-2-3-5-15(12)20-17(10)9-14-13-8-11(19(23)24)6-7-16(13)21-18(14)22/h6-9,20H,2-5H2,1H3,(H,21,22)(H,23,24). The van der Waals surface area contributed by atoms with Crippen LogP contribution in [0.1, 0.15) is 51.3 Å². The van der Waals surface area contributed by atoms with Crippen LogP contribution in [0.2, 0.25) is 0 Å². The zero-order valence-corrected chi connectivity index (χ0v) is 13.4. The maximum atomic E-state index is 12.3. The van der Waals surface area contributed by atoms with Gasteiger partial charge in [0.15, 0.2) is 0 Å². The number of amides is 1. The summed E-state index contributed by atoms with van der Waals surface area (Å²) in [5.74, 6) is -1.19. The van der Waals surface area contributed by atoms with Crippen molar-refractivity contribution in [3.63, 3.8) is 0 Å². The second-order valence-electron chi connectivity index (χ2n) is 6.41. The van der Waals surface area contributed by atoms with E-state index in [9.17, 15) is 14.7 Å². The van der Waals surface area contributed by atoms with Crippen molar-refractivity contribution in [3.8, 4) is 0 Å². The molecule has 5 nitrogen and oxygen atoms in total. The van der Waals surface area contributed by atoms with Crippen LogP contribution in [0, 0.1) is 6.92 Å². The molecule has 0 unspecified atom stereocenters. The van der Waals surface area contributed by atoms with Crippen molar-refractivity contribution < 1.29 is 14.7 Å². The molecule has 3 N–H and O–H groups in total. The molecule has 1 aliphatic heterocycles. The van der Waals surface area contributed by atoms with Crippen molar-refractivity contribution in [3.05, 3.63) is 51.8 Å². The van der Waals surface area contributed by atoms with Crippen LogP contribution in [0.15, 0.2) is 18.2 Å². The van der Waals surface area contributed by atoms with E-state index < -0.39 is 5.97 Å². The van der Waals surface area contributed by atoms with E-state index in [2.05, 4.69) is 17.2 Å². The number of rotatable bonds is 2. The molecule has 0 saturated heterocycles. The van der Waals surface area contributed by atoms with Crippen molar-refractivity contribution in [1.82, 2.24) is 4.98 Å². The van der Waals surface area contributed by atoms with Crippen LogP contribution in [-0.4, -0.2) is 22.0 Å². The molecule has 0 saturated carbocycles. The van der Waals surface area contributed by atoms with Gasteiger partial charge in [-0.05, 0) is 68.0 Å². The smallest absolute Gasteiger partial charge is 0.335 e. The molecule has 0 fully saturated rings. The Bertz CT molecular complexity index is 906. The number of carboxylic acid groups (broad SMARTS) is 1. The normalized spacial score (nSPS) is 17.5. The fraction of sp³-hybridized carbons (Fsp3) is 0.263. The maximum Gasteiger partial charge on any atom is 0.335 e. The first-order valence-corrected chi connectivity index (χ1v) is 8.15. The topological polar surface area (TPSA) is 82.2 Å². The summed E-state index contributed by atoms with van der Waals surface area (Å²) in [6, 6.07) is 4.70. The molecule has 0 spiro atoms. The summed E-state index contributed by atoms with van der Waals surface area (Å²) >= 11 is 0. The lowest BCUT2D eigenvalue weighted by molar-refractivity contribution is -0.110. The third kappa shape index (κ3) is 2.24. The number of aromatic nitrogens is 1. The fourth-order valence-corrected chi connectivity index (χ4v) is 3.63. The largest absolute Gasteiger partial charge is 0.478 e. The number of carbonyl (C=O) groups is 2. The molecule has 5 heteroatoms. The third-order valence-electron chi connectivity index (χ3n) is 4.95. The van der Waals surface area contributed by atoms with Crippen molar-refractivity contribution in [2.45, 2.75) is 32.6 Å². The van der Waals surface area contributed by atoms with Crippen molar-refractivity contribution in [1.29, 1.82) is 0 Å². The van der Waals surface area contributed by atoms with Gasteiger partial charge < -0.3 is 15.4 Å². The number of H-pyrrole nitrogens is 1. The number of hydrogen-bond acceptors (Lipinski definition) is 2. The highest BCUT2D eigenvalue weighted by Gasteiger charge is 2.26. The lowest BCUT2D eigenvalue weighted by Crippen LogP contribution is -2.03. The van der Waals surface area contributed by atoms with E-state index in [0.717, 1.165) is 18.5 Å². The molecule has 2 aliphatic rings. The highest BCUT2D eigenvalue weighted by molar-refractivity contribution is 6.35. The van der Waals surface area contributed by atoms with Gasteiger partial charge in [0.05, 0.1) is 11.1 Å². The number of nitrogens with one attached hydrogen (secondary N) is 2. The first-order chi connectivity index (χ1) is 11.5. The minimum Gasteiger partial charge on any atom is -0.478 e. The van der Waals surface area contributed by atoms with E-state index in [-0.39, 0.29) is 11.5 Å². The van der Waals surface area contributed by atoms with E-state index >= 15 is 0 Å². The second-order valence-corrected chi connectivity index (χ2v) is 6.41. The zero-order valence-electron chi connectivity index (χ0n) is 13.4. The van der Waals surface area contributed by atoms with E-state index in [4.69, 9.17) is 0 Å². The molecule has 1 aliphatic carbocycles. The lowest BCUT2D eigenvalue weighted by Gasteiger charge is -2.10. The molecule has 2 heterocycles. The Morgan fingerprint density at radius 3 is 2.79 bits per heavy atom. The van der Waals surface area contributed by atoms with Gasteiger partial charge in [-0.1, -0.05) is 0 Å². The maximum absolute atomic E-state index is 12.3. The van der Waals surface area contributed by atoms with Crippen LogP contribution < -0.4 is 5.32 Å². The number of aryl methyl sites for hydroxylation is 1. The van der Waals surface area contributed by atoms with Crippen molar-refractivity contribution in [2.24, 2.45) is 0 Å². The van der Waals surface area contributed by atoms with Gasteiger partial charge in [0.25, 0.3) is 5.91 Å². The molecule has 122 valence electrons. The molecular formula is C19H18N2O3. The molecule has 1 amide bonds. The number of carboxylic acids is 1. The molecule has 24 heavy (non-hydrogen) atoms. The number of carbonyl (C=O) groups excluding carboxylic acids is 1. The summed E-state index contributed by atoms with van der Waals surface area (Å²) in [4.78, 5) is 27.0. The molecular weight excluding hydrogens is 304 g/mol. The molecule has 2 aromatic rings. The number of anilines is 1. The number of fused-ring (bicyclic) bond motifs is 2. The van der Waals surface area contributed by atoms with Crippen LogP contribution in [0.3, 0.4) is 0 Å². The van der Waals surface area contributed by atoms with Gasteiger partial charge in [0.1, 0.15) is 0 Å². The quantitative estimate of drug-likeness (QED) is 0.741. The van der Waals surface area contributed by atoms with Gasteiger partial charge in [-0.3, -0.25) is 4.79 Å². The van der Waals surface area contributed by atoms with Crippen LogP contribution in [0.25, 0.3) is 11.6 Å². The predicted molar refractivity (Wildman–Crippen MR) is 92.1 cm³/mol. The Morgan fingerprint density at radius 2 is 2.04 bits per heavy atom. The molecule has 0 bridgehead atoms. The van der Waals surface area contributed by atoms with Crippen LogP contribution in [0.4, 0.5) is 5.69 Å². The van der Waals surface area contributed by atoms with Crippen LogP contribution >= 0.6 is 0 Å². The molecule has 0 radical (unpaired) electrons. The minimum atomic E-state index is -0.997. The first-order valence-electron chi connectivity index (χ1n) is 8.15. The Labute approximate surface area is 139 Å². The van der Waals surface area contributed by atoms with Crippen molar-refractivity contribution in [2.75, 3.05) is 5.32 Å². The van der Waals surface area contributed by atoms with Gasteiger partial charge in [-0.25, -0.2) is 4.79 Å². The predicted octanol–water partition coefficient (Wildman–Crippen LogP) is 3.39. The van der Waals surface area contributed by atoms with Gasteiger partial charge in [-0.15, -0.1) is 0 Å². The van der Waals surface area contributed by atoms with Gasteiger partial charge in [0.2, 0.25) is 0 Å². The Balaban J connectivity index is 1.82. The number of benzene rings is 1. The monoisotopic (exact) mass is 322 g/mol. The van der Waals surface area contributed by atoms with E-state index in [1.165, 1.54) is 35.7 Å². The number of hydrogen-bond donors (Lipinski definition) is 3. The average molecular weight is 322 g/mol. The van der Waals surface area contributed by atoms with E-state index in [0.29, 0.717) is 16.8 Å². The molecule has 0 atom stereocenters. The summed E-state index contributed by atoms with van der Waals surface area (Å²) in [5, 5.41) is 12.0. The minimum absolute atomic E-state index is 0.179. The van der Waals surface area contributed by atoms with Crippen LogP contribution in [0.5, 0.6) is 0 Å². The zero-order chi connectivity index (χ0) is 16.8. The van der Waals surface area contributed by atoms with E-state index in [1.54, 1.807) is 12.1 Å². The molecule has 1 aromatic carbocycles. The average Bonchev–Trinajstić information content (AvgIpc) is 3.05. The summed E-state index contributed by atoms with van der Waals surface area (Å²) in [7, 11) is 0. The lowest BCUT2D eigenvalue weighted by atomic mass is 9.94. The Kier molecular flexibility index (Phi) is 3.30. The highest BCUT2D eigenvalue weighted by atomic mass is 16.4. The fourth-order valence-electron chi connectivity index (χ4n) is 3.63. The van der Waals surface area contributed by atoms with Crippen molar-refractivity contribution >= 4 is 29.2 Å². The Hall–Kier alpha value is -2.82. The SMILES string of the molecule is Cc1c(C=C2C(=O)Nc3ccc(C(=O)O)cc32)[nH]c2c1CCCC2. The summed E-state index contributed by atoms with van der Waals surface area (Å²) < 4.78 is 0. The summed E-state index contributed by atoms with van der Waals surface area (Å²) in [6.07, 6.45) is 6.36. The van der Waals surface area contributed by atoms with Gasteiger partial charge in [-0.2, -0.15) is 0 Å². The first kappa shape index (κ1) is 14.8. The summed E-state index contributed by atoms with van der Waals surface area (Å²) in [6.45, 7) is 2.08. The number of aromatic amines is 1. The van der Waals surface area contributed by atoms with Gasteiger partial charge >= 0.3 is 5.97 Å². The molecule has 4 rings (SSSR count). The second kappa shape index (κ2) is 5.37. The van der Waals surface area contributed by atoms with Gasteiger partial charge in [0, 0.05) is 22.6 Å². The highest BCUT2D eigenvalue weighted by Crippen LogP contribution is 2.35. The summed E-state index contributed by atoms with van der Waals surface area (Å²) in [5.41, 5.74) is 6.76. The molecule has 1 aromatic heterocycles. The van der Waals surface area contributed by atoms with E-state index in [1.807, 2.05) is 6.08 Å². The third-order valence-corrected chi connectivity index (χ3v) is 4.95. The van der Waals surface area contributed by atoms with Crippen LogP contribution in [-0.2, 0) is 17.6 Å².